The lowest BCUT2D eigenvalue weighted by atomic mass is 9.93. The third-order valence-corrected chi connectivity index (χ3v) is 5.39. The van der Waals surface area contributed by atoms with Gasteiger partial charge in [0.25, 0.3) is 0 Å². The van der Waals surface area contributed by atoms with E-state index in [-0.39, 0.29) is 29.4 Å². The number of hydrogen-bond donors (Lipinski definition) is 2. The van der Waals surface area contributed by atoms with E-state index < -0.39 is 0 Å². The molecule has 2 aromatic heterocycles. The van der Waals surface area contributed by atoms with Gasteiger partial charge in [0.05, 0.1) is 11.4 Å². The van der Waals surface area contributed by atoms with Gasteiger partial charge in [-0.1, -0.05) is 27.7 Å². The monoisotopic (exact) mass is 424 g/mol. The fourth-order valence-electron chi connectivity index (χ4n) is 3.34. The number of nitrogens with one attached hydrogen (secondary N) is 2. The molecule has 0 fully saturated rings. The van der Waals surface area contributed by atoms with Gasteiger partial charge in [-0.05, 0) is 50.6 Å². The second-order valence-corrected chi connectivity index (χ2v) is 8.50. The Kier molecular flexibility index (Phi) is 9.95. The van der Waals surface area contributed by atoms with Crippen molar-refractivity contribution in [2.75, 3.05) is 6.54 Å². The van der Waals surface area contributed by atoms with Crippen molar-refractivity contribution in [3.8, 4) is 0 Å². The first-order chi connectivity index (χ1) is 14.8. The minimum atomic E-state index is -0.0521. The van der Waals surface area contributed by atoms with E-state index in [0.29, 0.717) is 18.7 Å². The third kappa shape index (κ3) is 7.96. The molecule has 0 amide bonds. The molecule has 0 saturated carbocycles. The summed E-state index contributed by atoms with van der Waals surface area (Å²) in [6.07, 6.45) is 5.09. The molecule has 0 radical (unpaired) electrons. The van der Waals surface area contributed by atoms with Gasteiger partial charge in [0, 0.05) is 54.5 Å². The van der Waals surface area contributed by atoms with E-state index in [1.165, 1.54) is 0 Å². The molecule has 2 heterocycles. The molecule has 31 heavy (non-hydrogen) atoms. The van der Waals surface area contributed by atoms with Gasteiger partial charge in [0.2, 0.25) is 0 Å². The summed E-state index contributed by atoms with van der Waals surface area (Å²) >= 11 is 0. The van der Waals surface area contributed by atoms with Crippen molar-refractivity contribution in [1.82, 2.24) is 20.6 Å². The molecular formula is C25H36N4O2. The highest BCUT2D eigenvalue weighted by atomic mass is 16.1. The zero-order chi connectivity index (χ0) is 22.8. The molecule has 0 saturated heterocycles. The van der Waals surface area contributed by atoms with Crippen LogP contribution in [0.3, 0.4) is 0 Å². The van der Waals surface area contributed by atoms with Crippen LogP contribution < -0.4 is 10.6 Å². The van der Waals surface area contributed by atoms with Crippen LogP contribution in [0.15, 0.2) is 36.7 Å². The number of nitrogens with zero attached hydrogens (tertiary/aromatic N) is 2. The Morgan fingerprint density at radius 2 is 1.45 bits per heavy atom. The van der Waals surface area contributed by atoms with Crippen molar-refractivity contribution in [2.24, 2.45) is 11.8 Å². The SMILES string of the molecule is CCNCc1cc(C(=O)C(C)CCC(C)NCc2cc(C(=O)C(C)C)ccn2)ccn1. The summed E-state index contributed by atoms with van der Waals surface area (Å²) in [6, 6.07) is 7.56. The number of carbonyl (C=O) groups excluding carboxylic acids is 2. The molecule has 6 heteroatoms. The lowest BCUT2D eigenvalue weighted by molar-refractivity contribution is 0.0918. The van der Waals surface area contributed by atoms with E-state index in [1.807, 2.05) is 39.8 Å². The highest BCUT2D eigenvalue weighted by Crippen LogP contribution is 2.16. The minimum Gasteiger partial charge on any atom is -0.311 e. The van der Waals surface area contributed by atoms with E-state index in [9.17, 15) is 9.59 Å². The number of hydrogen-bond acceptors (Lipinski definition) is 6. The van der Waals surface area contributed by atoms with E-state index in [0.717, 1.165) is 36.3 Å². The van der Waals surface area contributed by atoms with Crippen LogP contribution in [0.5, 0.6) is 0 Å². The maximum absolute atomic E-state index is 12.8. The zero-order valence-corrected chi connectivity index (χ0v) is 19.4. The summed E-state index contributed by atoms with van der Waals surface area (Å²) in [7, 11) is 0. The molecule has 2 N–H and O–H groups in total. The normalized spacial score (nSPS) is 13.2. The molecular weight excluding hydrogens is 388 g/mol. The predicted molar refractivity (Wildman–Crippen MR) is 124 cm³/mol. The smallest absolute Gasteiger partial charge is 0.165 e. The first-order valence-corrected chi connectivity index (χ1v) is 11.2. The van der Waals surface area contributed by atoms with Crippen LogP contribution in [0.4, 0.5) is 0 Å². The predicted octanol–water partition coefficient (Wildman–Crippen LogP) is 4.20. The van der Waals surface area contributed by atoms with Gasteiger partial charge >= 0.3 is 0 Å². The van der Waals surface area contributed by atoms with Gasteiger partial charge in [-0.25, -0.2) is 0 Å². The van der Waals surface area contributed by atoms with Gasteiger partial charge in [-0.15, -0.1) is 0 Å². The van der Waals surface area contributed by atoms with Gasteiger partial charge < -0.3 is 10.6 Å². The average Bonchev–Trinajstić information content (AvgIpc) is 2.79. The molecule has 0 aromatic carbocycles. The molecule has 168 valence electrons. The molecule has 0 spiro atoms. The molecule has 6 nitrogen and oxygen atoms in total. The second kappa shape index (κ2) is 12.4. The lowest BCUT2D eigenvalue weighted by Crippen LogP contribution is -2.27. The van der Waals surface area contributed by atoms with E-state index in [2.05, 4.69) is 27.5 Å². The van der Waals surface area contributed by atoms with Gasteiger partial charge in [0.15, 0.2) is 11.6 Å². The first-order valence-electron chi connectivity index (χ1n) is 11.2. The number of pyridine rings is 2. The summed E-state index contributed by atoms with van der Waals surface area (Å²) in [5.74, 6) is 0.215. The molecule has 2 unspecified atom stereocenters. The summed E-state index contributed by atoms with van der Waals surface area (Å²) < 4.78 is 0. The van der Waals surface area contributed by atoms with Gasteiger partial charge in [0.1, 0.15) is 0 Å². The Morgan fingerprint density at radius 3 is 2.03 bits per heavy atom. The Hall–Kier alpha value is -2.44. The number of aromatic nitrogens is 2. The van der Waals surface area contributed by atoms with Crippen LogP contribution in [-0.2, 0) is 13.1 Å². The molecule has 0 bridgehead atoms. The molecule has 2 atom stereocenters. The second-order valence-electron chi connectivity index (χ2n) is 8.50. The summed E-state index contributed by atoms with van der Waals surface area (Å²) in [4.78, 5) is 33.7. The van der Waals surface area contributed by atoms with Crippen LogP contribution in [0.25, 0.3) is 0 Å². The third-order valence-electron chi connectivity index (χ3n) is 5.39. The van der Waals surface area contributed by atoms with Gasteiger partial charge in [-0.3, -0.25) is 19.6 Å². The highest BCUT2D eigenvalue weighted by Gasteiger charge is 2.17. The van der Waals surface area contributed by atoms with Crippen LogP contribution in [0.2, 0.25) is 0 Å². The molecule has 0 aliphatic heterocycles. The number of Topliss-reactive ketones (excluding diaryl/α,β-unsaturated/α-hetero) is 2. The van der Waals surface area contributed by atoms with Crippen molar-refractivity contribution in [3.63, 3.8) is 0 Å². The van der Waals surface area contributed by atoms with E-state index in [4.69, 9.17) is 0 Å². The Balaban J connectivity index is 1.83. The fourth-order valence-corrected chi connectivity index (χ4v) is 3.34. The minimum absolute atomic E-state index is 0.0273. The van der Waals surface area contributed by atoms with Crippen molar-refractivity contribution in [3.05, 3.63) is 59.2 Å². The highest BCUT2D eigenvalue weighted by molar-refractivity contribution is 5.98. The molecule has 0 aliphatic carbocycles. The summed E-state index contributed by atoms with van der Waals surface area (Å²) in [5, 5.41) is 6.69. The standard InChI is InChI=1S/C25H36N4O2/c1-6-26-15-22-14-21(10-12-27-22)25(31)18(4)7-8-19(5)29-16-23-13-20(9-11-28-23)24(30)17(2)3/h9-14,17-19,26,29H,6-8,15-16H2,1-5H3. The number of ketones is 2. The maximum Gasteiger partial charge on any atom is 0.165 e. The number of carbonyl (C=O) groups is 2. The van der Waals surface area contributed by atoms with E-state index >= 15 is 0 Å². The maximum atomic E-state index is 12.8. The Morgan fingerprint density at radius 1 is 0.871 bits per heavy atom. The van der Waals surface area contributed by atoms with Gasteiger partial charge in [-0.2, -0.15) is 0 Å². The average molecular weight is 425 g/mol. The molecule has 0 aliphatic rings. The van der Waals surface area contributed by atoms with Crippen molar-refractivity contribution in [2.45, 2.75) is 66.6 Å². The Bertz CT molecular complexity index is 866. The molecule has 2 rings (SSSR count). The van der Waals surface area contributed by atoms with Crippen molar-refractivity contribution in [1.29, 1.82) is 0 Å². The van der Waals surface area contributed by atoms with Crippen molar-refractivity contribution < 1.29 is 9.59 Å². The lowest BCUT2D eigenvalue weighted by Gasteiger charge is -2.17. The van der Waals surface area contributed by atoms with Crippen molar-refractivity contribution >= 4 is 11.6 Å². The topological polar surface area (TPSA) is 84.0 Å². The summed E-state index contributed by atoms with van der Waals surface area (Å²) in [6.45, 7) is 12.1. The van der Waals surface area contributed by atoms with E-state index in [1.54, 1.807) is 24.5 Å². The van der Waals surface area contributed by atoms with Crippen LogP contribution >= 0.6 is 0 Å². The largest absolute Gasteiger partial charge is 0.311 e. The zero-order valence-electron chi connectivity index (χ0n) is 19.4. The molecule has 2 aromatic rings. The van der Waals surface area contributed by atoms with Crippen LogP contribution in [0, 0.1) is 11.8 Å². The number of rotatable bonds is 13. The van der Waals surface area contributed by atoms with Crippen LogP contribution in [-0.4, -0.2) is 34.1 Å². The Labute approximate surface area is 186 Å². The van der Waals surface area contributed by atoms with Crippen LogP contribution in [0.1, 0.15) is 79.6 Å². The first kappa shape index (κ1) is 24.8. The summed E-state index contributed by atoms with van der Waals surface area (Å²) in [5.41, 5.74) is 3.18. The fraction of sp³-hybridized carbons (Fsp3) is 0.520. The quantitative estimate of drug-likeness (QED) is 0.469.